The standard InChI is InChI=1S/C8H5BrF3NO3/c1-4-6(13(14)15)2-5(9)3-7(4)16-8(10,11)12/h2-3H,1H3. The van der Waals surface area contributed by atoms with Gasteiger partial charge in [-0.15, -0.1) is 13.2 Å². The molecular formula is C8H5BrF3NO3. The van der Waals surface area contributed by atoms with E-state index in [1.54, 1.807) is 0 Å². The molecule has 0 atom stereocenters. The Hall–Kier alpha value is -1.31. The molecule has 0 aliphatic heterocycles. The van der Waals surface area contributed by atoms with Gasteiger partial charge in [0.1, 0.15) is 5.75 Å². The van der Waals surface area contributed by atoms with E-state index in [0.29, 0.717) is 0 Å². The maximum Gasteiger partial charge on any atom is 0.573 e. The summed E-state index contributed by atoms with van der Waals surface area (Å²) in [5, 5.41) is 10.5. The van der Waals surface area contributed by atoms with Gasteiger partial charge < -0.3 is 4.74 Å². The molecule has 8 heteroatoms. The van der Waals surface area contributed by atoms with E-state index >= 15 is 0 Å². The van der Waals surface area contributed by atoms with Crippen LogP contribution in [0.2, 0.25) is 0 Å². The van der Waals surface area contributed by atoms with Crippen LogP contribution < -0.4 is 4.74 Å². The van der Waals surface area contributed by atoms with E-state index in [1.807, 2.05) is 0 Å². The minimum atomic E-state index is -4.88. The van der Waals surface area contributed by atoms with E-state index in [2.05, 4.69) is 20.7 Å². The van der Waals surface area contributed by atoms with Crippen molar-refractivity contribution in [2.45, 2.75) is 13.3 Å². The maximum atomic E-state index is 12.0. The van der Waals surface area contributed by atoms with Crippen LogP contribution in [0.1, 0.15) is 5.56 Å². The second-order valence-corrected chi connectivity index (χ2v) is 3.77. The second kappa shape index (κ2) is 4.28. The van der Waals surface area contributed by atoms with Gasteiger partial charge in [0, 0.05) is 10.5 Å². The van der Waals surface area contributed by atoms with E-state index in [9.17, 15) is 23.3 Å². The molecule has 0 aromatic heterocycles. The summed E-state index contributed by atoms with van der Waals surface area (Å²) in [5.41, 5.74) is -0.612. The molecule has 0 amide bonds. The number of alkyl halides is 3. The second-order valence-electron chi connectivity index (χ2n) is 2.85. The summed E-state index contributed by atoms with van der Waals surface area (Å²) in [7, 11) is 0. The number of benzene rings is 1. The van der Waals surface area contributed by atoms with Crippen LogP contribution in [0.25, 0.3) is 0 Å². The molecule has 0 heterocycles. The van der Waals surface area contributed by atoms with Crippen molar-refractivity contribution in [2.75, 3.05) is 0 Å². The summed E-state index contributed by atoms with van der Waals surface area (Å²) in [6.45, 7) is 1.19. The van der Waals surface area contributed by atoms with Crippen molar-refractivity contribution in [3.8, 4) is 5.75 Å². The number of hydrogen-bond acceptors (Lipinski definition) is 3. The Morgan fingerprint density at radius 2 is 2.00 bits per heavy atom. The van der Waals surface area contributed by atoms with Crippen molar-refractivity contribution in [2.24, 2.45) is 0 Å². The van der Waals surface area contributed by atoms with Crippen molar-refractivity contribution >= 4 is 21.6 Å². The zero-order valence-electron chi connectivity index (χ0n) is 7.84. The van der Waals surface area contributed by atoms with E-state index in [0.717, 1.165) is 12.1 Å². The van der Waals surface area contributed by atoms with Crippen molar-refractivity contribution in [1.82, 2.24) is 0 Å². The highest BCUT2D eigenvalue weighted by Crippen LogP contribution is 2.34. The fraction of sp³-hybridized carbons (Fsp3) is 0.250. The van der Waals surface area contributed by atoms with Crippen LogP contribution in [0, 0.1) is 17.0 Å². The number of halogens is 4. The van der Waals surface area contributed by atoms with Crippen LogP contribution in [-0.2, 0) is 0 Å². The lowest BCUT2D eigenvalue weighted by Gasteiger charge is -2.11. The summed E-state index contributed by atoms with van der Waals surface area (Å²) < 4.78 is 39.7. The Bertz CT molecular complexity index is 433. The van der Waals surface area contributed by atoms with Crippen molar-refractivity contribution in [3.63, 3.8) is 0 Å². The summed E-state index contributed by atoms with van der Waals surface area (Å²) in [5.74, 6) is -0.589. The molecule has 0 fully saturated rings. The quantitative estimate of drug-likeness (QED) is 0.620. The molecular weight excluding hydrogens is 295 g/mol. The normalized spacial score (nSPS) is 11.3. The molecule has 1 rings (SSSR count). The predicted molar refractivity (Wildman–Crippen MR) is 52.2 cm³/mol. The van der Waals surface area contributed by atoms with Crippen molar-refractivity contribution in [1.29, 1.82) is 0 Å². The zero-order valence-corrected chi connectivity index (χ0v) is 9.42. The number of nitro benzene ring substituents is 1. The molecule has 0 radical (unpaired) electrons. The van der Waals surface area contributed by atoms with Crippen LogP contribution in [0.3, 0.4) is 0 Å². The predicted octanol–water partition coefficient (Wildman–Crippen LogP) is 3.56. The SMILES string of the molecule is Cc1c(OC(F)(F)F)cc(Br)cc1[N+](=O)[O-]. The average Bonchev–Trinajstić information content (AvgIpc) is 2.07. The first kappa shape index (κ1) is 12.8. The monoisotopic (exact) mass is 299 g/mol. The summed E-state index contributed by atoms with van der Waals surface area (Å²) in [6.07, 6.45) is -4.88. The van der Waals surface area contributed by atoms with Gasteiger partial charge >= 0.3 is 6.36 Å². The maximum absolute atomic E-state index is 12.0. The van der Waals surface area contributed by atoms with Gasteiger partial charge in [-0.05, 0) is 13.0 Å². The molecule has 4 nitrogen and oxygen atoms in total. The van der Waals surface area contributed by atoms with Gasteiger partial charge in [0.15, 0.2) is 0 Å². The van der Waals surface area contributed by atoms with E-state index in [1.165, 1.54) is 6.92 Å². The molecule has 0 bridgehead atoms. The molecule has 88 valence electrons. The van der Waals surface area contributed by atoms with Gasteiger partial charge in [0.25, 0.3) is 5.69 Å². The minimum absolute atomic E-state index is 0.143. The van der Waals surface area contributed by atoms with Crippen LogP contribution in [0.15, 0.2) is 16.6 Å². The lowest BCUT2D eigenvalue weighted by molar-refractivity contribution is -0.385. The Morgan fingerprint density at radius 3 is 2.44 bits per heavy atom. The Kier molecular flexibility index (Phi) is 3.41. The average molecular weight is 300 g/mol. The third-order valence-corrected chi connectivity index (χ3v) is 2.18. The van der Waals surface area contributed by atoms with Gasteiger partial charge in [-0.25, -0.2) is 0 Å². The van der Waals surface area contributed by atoms with Crippen molar-refractivity contribution in [3.05, 3.63) is 32.3 Å². The number of hydrogen-bond donors (Lipinski definition) is 0. The number of nitrogens with zero attached hydrogens (tertiary/aromatic N) is 1. The first-order valence-corrected chi connectivity index (χ1v) is 4.70. The third-order valence-electron chi connectivity index (χ3n) is 1.72. The van der Waals surface area contributed by atoms with E-state index < -0.39 is 22.7 Å². The topological polar surface area (TPSA) is 52.4 Å². The summed E-state index contributed by atoms with van der Waals surface area (Å²) >= 11 is 2.87. The first-order valence-electron chi connectivity index (χ1n) is 3.91. The van der Waals surface area contributed by atoms with Gasteiger partial charge in [-0.3, -0.25) is 10.1 Å². The Morgan fingerprint density at radius 1 is 1.44 bits per heavy atom. The lowest BCUT2D eigenvalue weighted by Crippen LogP contribution is -2.18. The smallest absolute Gasteiger partial charge is 0.405 e. The largest absolute Gasteiger partial charge is 0.573 e. The molecule has 0 aliphatic carbocycles. The number of nitro groups is 1. The summed E-state index contributed by atoms with van der Waals surface area (Å²) in [4.78, 5) is 9.77. The number of rotatable bonds is 2. The molecule has 0 aliphatic rings. The molecule has 16 heavy (non-hydrogen) atoms. The molecule has 0 spiro atoms. The first-order chi connectivity index (χ1) is 7.20. The molecule has 0 saturated heterocycles. The lowest BCUT2D eigenvalue weighted by atomic mass is 10.2. The van der Waals surface area contributed by atoms with Crippen LogP contribution in [0.4, 0.5) is 18.9 Å². The fourth-order valence-electron chi connectivity index (χ4n) is 1.06. The molecule has 0 saturated carbocycles. The zero-order chi connectivity index (χ0) is 12.5. The van der Waals surface area contributed by atoms with Gasteiger partial charge in [-0.1, -0.05) is 15.9 Å². The minimum Gasteiger partial charge on any atom is -0.405 e. The van der Waals surface area contributed by atoms with Crippen molar-refractivity contribution < 1.29 is 22.8 Å². The van der Waals surface area contributed by atoms with E-state index in [4.69, 9.17) is 0 Å². The van der Waals surface area contributed by atoms with E-state index in [-0.39, 0.29) is 10.0 Å². The highest BCUT2D eigenvalue weighted by atomic mass is 79.9. The Labute approximate surface area is 96.3 Å². The van der Waals surface area contributed by atoms with Gasteiger partial charge in [0.05, 0.1) is 10.5 Å². The fourth-order valence-corrected chi connectivity index (χ4v) is 1.49. The molecule has 0 N–H and O–H groups in total. The van der Waals surface area contributed by atoms with Gasteiger partial charge in [-0.2, -0.15) is 0 Å². The van der Waals surface area contributed by atoms with Crippen LogP contribution in [0.5, 0.6) is 5.75 Å². The van der Waals surface area contributed by atoms with Crippen LogP contribution in [-0.4, -0.2) is 11.3 Å². The van der Waals surface area contributed by atoms with Gasteiger partial charge in [0.2, 0.25) is 0 Å². The number of ether oxygens (including phenoxy) is 1. The molecule has 1 aromatic rings. The molecule has 0 unspecified atom stereocenters. The Balaban J connectivity index is 3.25. The van der Waals surface area contributed by atoms with Crippen LogP contribution >= 0.6 is 15.9 Å². The molecule has 1 aromatic carbocycles. The highest BCUT2D eigenvalue weighted by molar-refractivity contribution is 9.10. The summed E-state index contributed by atoms with van der Waals surface area (Å²) in [6, 6.07) is 2.13. The third kappa shape index (κ3) is 3.09. The highest BCUT2D eigenvalue weighted by Gasteiger charge is 2.33.